The number of halogens is 7. The molecule has 0 aliphatic heterocycles. The Morgan fingerprint density at radius 1 is 1.05 bits per heavy atom. The van der Waals surface area contributed by atoms with Crippen LogP contribution in [0.1, 0.15) is 27.3 Å². The Labute approximate surface area is 216 Å². The second kappa shape index (κ2) is 8.84. The van der Waals surface area contributed by atoms with E-state index in [1.165, 1.54) is 19.2 Å². The van der Waals surface area contributed by atoms with Crippen LogP contribution < -0.4 is 9.64 Å². The first-order chi connectivity index (χ1) is 17.3. The molecule has 192 valence electrons. The van der Waals surface area contributed by atoms with E-state index in [2.05, 4.69) is 14.8 Å². The smallest absolute Gasteiger partial charge is 0.420 e. The standard InChI is InChI=1S/C24H15Cl2F5N4O2/c1-34(13-7-9-14(10-8-13)37-24(26,30)31)22(36)19-17(25)21-32-18-15-5-3-2-4-12(15)6-11-16(18)20(23(27,28)29)35(21)33-19/h2-5,7-10H,6,11H2,1H3. The van der Waals surface area contributed by atoms with Crippen molar-refractivity contribution in [2.24, 2.45) is 0 Å². The molecule has 0 N–H and O–H groups in total. The summed E-state index contributed by atoms with van der Waals surface area (Å²) in [5.74, 6) is -1.10. The second-order valence-electron chi connectivity index (χ2n) is 8.25. The van der Waals surface area contributed by atoms with Gasteiger partial charge in [-0.05, 0) is 42.7 Å². The predicted molar refractivity (Wildman–Crippen MR) is 126 cm³/mol. The molecule has 0 radical (unpaired) electrons. The highest BCUT2D eigenvalue weighted by atomic mass is 35.5. The van der Waals surface area contributed by atoms with Crippen LogP contribution in [0.5, 0.6) is 5.75 Å². The molecule has 13 heteroatoms. The van der Waals surface area contributed by atoms with Gasteiger partial charge in [0.25, 0.3) is 5.91 Å². The van der Waals surface area contributed by atoms with E-state index in [9.17, 15) is 26.7 Å². The van der Waals surface area contributed by atoms with Crippen LogP contribution >= 0.6 is 23.2 Å². The summed E-state index contributed by atoms with van der Waals surface area (Å²) >= 11 is 11.1. The summed E-state index contributed by atoms with van der Waals surface area (Å²) in [4.78, 5) is 18.7. The number of fused-ring (bicyclic) bond motifs is 4. The molecule has 5 rings (SSSR count). The molecule has 0 atom stereocenters. The Kier molecular flexibility index (Phi) is 6.03. The fraction of sp³-hybridized carbons (Fsp3) is 0.208. The van der Waals surface area contributed by atoms with Crippen LogP contribution in [0.2, 0.25) is 5.02 Å². The van der Waals surface area contributed by atoms with Gasteiger partial charge in [-0.2, -0.15) is 18.3 Å². The fourth-order valence-corrected chi connectivity index (χ4v) is 4.65. The van der Waals surface area contributed by atoms with Gasteiger partial charge in [0, 0.05) is 35.5 Å². The summed E-state index contributed by atoms with van der Waals surface area (Å²) in [5, 5.41) is 3.57. The maximum Gasteiger partial charge on any atom is 0.487 e. The van der Waals surface area contributed by atoms with Crippen molar-refractivity contribution >= 4 is 40.4 Å². The van der Waals surface area contributed by atoms with Crippen molar-refractivity contribution in [2.45, 2.75) is 24.6 Å². The monoisotopic (exact) mass is 556 g/mol. The van der Waals surface area contributed by atoms with Crippen LogP contribution in [0.25, 0.3) is 16.9 Å². The Bertz CT molecular complexity index is 1530. The van der Waals surface area contributed by atoms with E-state index >= 15 is 0 Å². The van der Waals surface area contributed by atoms with Gasteiger partial charge in [0.15, 0.2) is 17.0 Å². The van der Waals surface area contributed by atoms with E-state index in [0.29, 0.717) is 16.5 Å². The summed E-state index contributed by atoms with van der Waals surface area (Å²) in [6.07, 6.45) is -4.33. The summed E-state index contributed by atoms with van der Waals surface area (Å²) in [6, 6.07) is 11.9. The highest BCUT2D eigenvalue weighted by Crippen LogP contribution is 2.42. The average molecular weight is 557 g/mol. The molecule has 37 heavy (non-hydrogen) atoms. The van der Waals surface area contributed by atoms with Crippen molar-refractivity contribution in [1.82, 2.24) is 14.6 Å². The molecule has 0 bridgehead atoms. The average Bonchev–Trinajstić information content (AvgIpc) is 3.16. The fourth-order valence-electron chi connectivity index (χ4n) is 4.32. The molecule has 2 aromatic heterocycles. The van der Waals surface area contributed by atoms with Crippen LogP contribution in [0, 0.1) is 0 Å². The van der Waals surface area contributed by atoms with Crippen molar-refractivity contribution in [2.75, 3.05) is 11.9 Å². The van der Waals surface area contributed by atoms with E-state index in [-0.39, 0.29) is 39.8 Å². The summed E-state index contributed by atoms with van der Waals surface area (Å²) < 4.78 is 73.4. The van der Waals surface area contributed by atoms with Gasteiger partial charge in [-0.1, -0.05) is 35.9 Å². The van der Waals surface area contributed by atoms with E-state index in [0.717, 1.165) is 22.6 Å². The Hall–Kier alpha value is -3.44. The summed E-state index contributed by atoms with van der Waals surface area (Å²) in [7, 11) is 1.33. The maximum atomic E-state index is 14.3. The molecule has 2 aromatic carbocycles. The summed E-state index contributed by atoms with van der Waals surface area (Å²) in [5.41, 5.74) is -4.00. The number of hydrogen-bond acceptors (Lipinski definition) is 4. The number of alkyl halides is 6. The number of carbonyl (C=O) groups is 1. The lowest BCUT2D eigenvalue weighted by molar-refractivity contribution is -0.143. The molecule has 0 fully saturated rings. The van der Waals surface area contributed by atoms with E-state index in [1.807, 2.05) is 6.07 Å². The van der Waals surface area contributed by atoms with E-state index in [4.69, 9.17) is 23.2 Å². The zero-order chi connectivity index (χ0) is 26.7. The van der Waals surface area contributed by atoms with Gasteiger partial charge in [0.05, 0.1) is 5.69 Å². The normalized spacial score (nSPS) is 13.3. The predicted octanol–water partition coefficient (Wildman–Crippen LogP) is 6.61. The van der Waals surface area contributed by atoms with Crippen molar-refractivity contribution in [3.8, 4) is 17.0 Å². The number of benzene rings is 2. The summed E-state index contributed by atoms with van der Waals surface area (Å²) in [6.45, 7) is 0. The van der Waals surface area contributed by atoms with Gasteiger partial charge in [-0.15, -0.1) is 8.78 Å². The van der Waals surface area contributed by atoms with Gasteiger partial charge in [-0.3, -0.25) is 4.79 Å². The van der Waals surface area contributed by atoms with Crippen LogP contribution in [-0.4, -0.2) is 33.1 Å². The second-order valence-corrected chi connectivity index (χ2v) is 9.06. The first-order valence-electron chi connectivity index (χ1n) is 10.8. The molecular formula is C24H15Cl2F5N4O2. The van der Waals surface area contributed by atoms with Crippen molar-refractivity contribution in [3.63, 3.8) is 0 Å². The number of hydrogen-bond donors (Lipinski definition) is 0. The maximum absolute atomic E-state index is 14.3. The van der Waals surface area contributed by atoms with Crippen LogP contribution in [-0.2, 0) is 19.0 Å². The van der Waals surface area contributed by atoms with Crippen molar-refractivity contribution in [1.29, 1.82) is 0 Å². The Balaban J connectivity index is 1.60. The molecule has 2 heterocycles. The van der Waals surface area contributed by atoms with Gasteiger partial charge in [0.2, 0.25) is 0 Å². The minimum atomic E-state index is -4.81. The molecule has 1 amide bonds. The van der Waals surface area contributed by atoms with Gasteiger partial charge < -0.3 is 9.64 Å². The van der Waals surface area contributed by atoms with E-state index in [1.54, 1.807) is 18.2 Å². The molecule has 0 unspecified atom stereocenters. The third-order valence-electron chi connectivity index (χ3n) is 5.96. The highest BCUT2D eigenvalue weighted by Gasteiger charge is 2.41. The number of anilines is 1. The van der Waals surface area contributed by atoms with Gasteiger partial charge in [0.1, 0.15) is 10.8 Å². The number of aryl methyl sites for hydroxylation is 1. The number of ether oxygens (including phenoxy) is 1. The number of rotatable bonds is 4. The molecule has 0 saturated heterocycles. The molecular weight excluding hydrogens is 542 g/mol. The van der Waals surface area contributed by atoms with Crippen LogP contribution in [0.3, 0.4) is 0 Å². The zero-order valence-corrected chi connectivity index (χ0v) is 20.3. The minimum absolute atomic E-state index is 0.0306. The highest BCUT2D eigenvalue weighted by molar-refractivity contribution is 6.37. The van der Waals surface area contributed by atoms with Crippen LogP contribution in [0.4, 0.5) is 27.6 Å². The molecule has 0 saturated carbocycles. The lowest BCUT2D eigenvalue weighted by atomic mass is 9.88. The lowest BCUT2D eigenvalue weighted by Gasteiger charge is -2.23. The number of aromatic nitrogens is 3. The lowest BCUT2D eigenvalue weighted by Crippen LogP contribution is -2.27. The third kappa shape index (κ3) is 4.57. The van der Waals surface area contributed by atoms with Gasteiger partial charge in [-0.25, -0.2) is 9.50 Å². The Morgan fingerprint density at radius 2 is 1.73 bits per heavy atom. The molecule has 4 aromatic rings. The minimum Gasteiger partial charge on any atom is -0.420 e. The van der Waals surface area contributed by atoms with E-state index < -0.39 is 29.0 Å². The van der Waals surface area contributed by atoms with Gasteiger partial charge >= 0.3 is 11.7 Å². The molecule has 1 aliphatic rings. The van der Waals surface area contributed by atoms with Crippen LogP contribution in [0.15, 0.2) is 48.5 Å². The number of carbonyl (C=O) groups excluding carboxylic acids is 1. The first kappa shape index (κ1) is 25.2. The molecule has 0 spiro atoms. The van der Waals surface area contributed by atoms with Crippen molar-refractivity contribution in [3.05, 3.63) is 76.1 Å². The third-order valence-corrected chi connectivity index (χ3v) is 6.38. The zero-order valence-electron chi connectivity index (χ0n) is 18.8. The quantitative estimate of drug-likeness (QED) is 0.209. The van der Waals surface area contributed by atoms with Crippen molar-refractivity contribution < 1.29 is 31.5 Å². The number of amides is 1. The SMILES string of the molecule is CN(C(=O)c1nn2c(C(F)(F)F)c3c(nc2c1Cl)-c1ccccc1CC3)c1ccc(OC(F)(F)Cl)cc1. The molecule has 6 nitrogen and oxygen atoms in total. The Morgan fingerprint density at radius 3 is 2.38 bits per heavy atom. The topological polar surface area (TPSA) is 59.7 Å². The molecule has 1 aliphatic carbocycles. The largest absolute Gasteiger partial charge is 0.487 e. The number of nitrogens with zero attached hydrogens (tertiary/aromatic N) is 4. The first-order valence-corrected chi connectivity index (χ1v) is 11.5.